The van der Waals surface area contributed by atoms with Crippen LogP contribution in [-0.2, 0) is 28.0 Å². The van der Waals surface area contributed by atoms with Crippen LogP contribution < -0.4 is 0 Å². The van der Waals surface area contributed by atoms with Crippen LogP contribution in [0.25, 0.3) is 26.4 Å². The summed E-state index contributed by atoms with van der Waals surface area (Å²) in [6, 6.07) is 3.59. The second-order valence-electron chi connectivity index (χ2n) is 9.98. The molecule has 2 aromatic heterocycles. The maximum atomic E-state index is 13.8. The molecule has 0 radical (unpaired) electrons. The van der Waals surface area contributed by atoms with E-state index in [2.05, 4.69) is 55.7 Å². The summed E-state index contributed by atoms with van der Waals surface area (Å²) in [6.07, 6.45) is -3.89. The van der Waals surface area contributed by atoms with Crippen molar-refractivity contribution in [2.24, 2.45) is 7.05 Å². The van der Waals surface area contributed by atoms with Crippen molar-refractivity contribution in [3.05, 3.63) is 33.0 Å². The lowest BCUT2D eigenvalue weighted by atomic mass is 10.2. The molecule has 1 aromatic carbocycles. The standard InChI is InChI=1S/C21H24BrF3N6O3S2Si/c1-26-20(6-7-20)31(12-34-8-9-37(3,4)5)36(32,33)13-10-14-16(29-30(2)17(14)15(22)11-13)18-27-28-19(35-18)21(23,24)25/h10-11H,6-9,12H2,2-5H3. The first-order valence-electron chi connectivity index (χ1n) is 11.2. The smallest absolute Gasteiger partial charge is 0.365 e. The van der Waals surface area contributed by atoms with Gasteiger partial charge in [-0.1, -0.05) is 35.3 Å². The molecule has 1 aliphatic carbocycles. The topological polar surface area (TPSA) is 94.6 Å². The summed E-state index contributed by atoms with van der Waals surface area (Å²) >= 11 is 3.71. The fourth-order valence-corrected chi connectivity index (χ4v) is 7.68. The highest BCUT2D eigenvalue weighted by Crippen LogP contribution is 2.47. The Morgan fingerprint density at radius 3 is 2.51 bits per heavy atom. The Morgan fingerprint density at radius 2 is 1.97 bits per heavy atom. The zero-order valence-corrected chi connectivity index (χ0v) is 24.6. The van der Waals surface area contributed by atoms with Gasteiger partial charge in [-0.05, 0) is 34.1 Å². The zero-order valence-electron chi connectivity index (χ0n) is 20.4. The molecule has 0 bridgehead atoms. The van der Waals surface area contributed by atoms with Gasteiger partial charge in [0.05, 0.1) is 23.3 Å². The van der Waals surface area contributed by atoms with Gasteiger partial charge in [0.1, 0.15) is 12.4 Å². The van der Waals surface area contributed by atoms with Crippen molar-refractivity contribution in [3.8, 4) is 10.7 Å². The minimum absolute atomic E-state index is 0.0764. The number of hydrogen-bond acceptors (Lipinski definition) is 7. The summed E-state index contributed by atoms with van der Waals surface area (Å²) in [5, 5.41) is 10.2. The second kappa shape index (κ2) is 9.69. The molecule has 0 spiro atoms. The molecule has 0 saturated heterocycles. The van der Waals surface area contributed by atoms with Gasteiger partial charge in [-0.2, -0.15) is 18.3 Å². The number of hydrogen-bond donors (Lipinski definition) is 0. The number of ether oxygens (including phenoxy) is 1. The van der Waals surface area contributed by atoms with Crippen molar-refractivity contribution < 1.29 is 26.3 Å². The Bertz CT molecular complexity index is 1490. The summed E-state index contributed by atoms with van der Waals surface area (Å²) in [4.78, 5) is 3.47. The molecular weight excluding hydrogens is 613 g/mol. The van der Waals surface area contributed by atoms with Crippen LogP contribution in [0.15, 0.2) is 21.5 Å². The summed E-state index contributed by atoms with van der Waals surface area (Å²) in [6.45, 7) is 14.3. The normalized spacial score (nSPS) is 15.9. The van der Waals surface area contributed by atoms with E-state index in [1.54, 1.807) is 7.05 Å². The number of aromatic nitrogens is 4. The molecule has 200 valence electrons. The molecule has 37 heavy (non-hydrogen) atoms. The monoisotopic (exact) mass is 636 g/mol. The number of rotatable bonds is 9. The molecule has 1 saturated carbocycles. The molecule has 0 unspecified atom stereocenters. The summed E-state index contributed by atoms with van der Waals surface area (Å²) in [5.41, 5.74) is -0.660. The van der Waals surface area contributed by atoms with Crippen LogP contribution in [0.5, 0.6) is 0 Å². The molecule has 3 aromatic rings. The summed E-state index contributed by atoms with van der Waals surface area (Å²) in [7, 11) is -4.04. The van der Waals surface area contributed by atoms with Gasteiger partial charge in [0.15, 0.2) is 5.01 Å². The molecule has 0 atom stereocenters. The van der Waals surface area contributed by atoms with Crippen molar-refractivity contribution in [2.45, 2.75) is 55.3 Å². The molecule has 0 amide bonds. The third-order valence-corrected chi connectivity index (χ3v) is 11.0. The van der Waals surface area contributed by atoms with E-state index >= 15 is 0 Å². The van der Waals surface area contributed by atoms with Crippen molar-refractivity contribution in [3.63, 3.8) is 0 Å². The van der Waals surface area contributed by atoms with Crippen molar-refractivity contribution in [1.29, 1.82) is 0 Å². The first-order valence-corrected chi connectivity index (χ1v) is 17.9. The highest BCUT2D eigenvalue weighted by atomic mass is 79.9. The largest absolute Gasteiger partial charge is 0.445 e. The van der Waals surface area contributed by atoms with Crippen molar-refractivity contribution in [1.82, 2.24) is 24.3 Å². The maximum absolute atomic E-state index is 13.8. The van der Waals surface area contributed by atoms with Gasteiger partial charge >= 0.3 is 11.8 Å². The number of sulfonamides is 1. The highest BCUT2D eigenvalue weighted by molar-refractivity contribution is 9.10. The molecule has 16 heteroatoms. The van der Waals surface area contributed by atoms with Gasteiger partial charge in [-0.25, -0.2) is 15.0 Å². The first-order chi connectivity index (χ1) is 17.1. The molecule has 4 rings (SSSR count). The van der Waals surface area contributed by atoms with Crippen LogP contribution in [0.2, 0.25) is 25.7 Å². The summed E-state index contributed by atoms with van der Waals surface area (Å²) < 4.78 is 75.7. The van der Waals surface area contributed by atoms with Crippen LogP contribution in [0.3, 0.4) is 0 Å². The van der Waals surface area contributed by atoms with E-state index in [4.69, 9.17) is 11.3 Å². The van der Waals surface area contributed by atoms with Crippen LogP contribution in [0.4, 0.5) is 13.2 Å². The Kier molecular flexibility index (Phi) is 7.36. The predicted octanol–water partition coefficient (Wildman–Crippen LogP) is 5.59. The lowest BCUT2D eigenvalue weighted by Crippen LogP contribution is -2.42. The van der Waals surface area contributed by atoms with E-state index in [-0.39, 0.29) is 27.7 Å². The molecule has 9 nitrogen and oxygen atoms in total. The minimum atomic E-state index is -4.66. The zero-order chi connectivity index (χ0) is 27.4. The number of halogens is 4. The molecule has 0 N–H and O–H groups in total. The highest BCUT2D eigenvalue weighted by Gasteiger charge is 2.61. The van der Waals surface area contributed by atoms with E-state index in [9.17, 15) is 21.6 Å². The lowest BCUT2D eigenvalue weighted by molar-refractivity contribution is -0.138. The first kappa shape index (κ1) is 28.1. The number of benzene rings is 1. The fraction of sp³-hybridized carbons (Fsp3) is 0.524. The quantitative estimate of drug-likeness (QED) is 0.132. The van der Waals surface area contributed by atoms with Gasteiger partial charge in [-0.3, -0.25) is 9.53 Å². The Balaban J connectivity index is 1.76. The van der Waals surface area contributed by atoms with Crippen LogP contribution in [0, 0.1) is 6.57 Å². The molecular formula is C21H24BrF3N6O3S2Si. The SMILES string of the molecule is [C-]#[N+]C1(N(COCC[Si](C)(C)C)S(=O)(=O)c2cc(Br)c3c(c2)c(-c2nnc(C(F)(F)F)s2)nn3C)CC1. The molecule has 0 aliphatic heterocycles. The third kappa shape index (κ3) is 5.61. The average Bonchev–Trinajstić information content (AvgIpc) is 3.24. The van der Waals surface area contributed by atoms with Crippen molar-refractivity contribution >= 4 is 56.3 Å². The van der Waals surface area contributed by atoms with E-state index in [0.29, 0.717) is 40.8 Å². The maximum Gasteiger partial charge on any atom is 0.445 e. The molecule has 1 aliphatic rings. The van der Waals surface area contributed by atoms with Gasteiger partial charge in [0.25, 0.3) is 10.0 Å². The van der Waals surface area contributed by atoms with Gasteiger partial charge < -0.3 is 4.74 Å². The second-order valence-corrected chi connectivity index (χ2v) is 19.3. The number of fused-ring (bicyclic) bond motifs is 1. The van der Waals surface area contributed by atoms with E-state index in [1.807, 2.05) is 0 Å². The van der Waals surface area contributed by atoms with Crippen LogP contribution in [-0.4, -0.2) is 59.8 Å². The van der Waals surface area contributed by atoms with Gasteiger partial charge in [0.2, 0.25) is 5.01 Å². The average molecular weight is 638 g/mol. The Hall–Kier alpha value is -1.90. The number of aryl methyl sites for hydroxylation is 1. The molecule has 2 heterocycles. The van der Waals surface area contributed by atoms with E-state index in [1.165, 1.54) is 16.8 Å². The molecule has 1 fully saturated rings. The van der Waals surface area contributed by atoms with Gasteiger partial charge in [0, 0.05) is 31.6 Å². The fourth-order valence-electron chi connectivity index (χ4n) is 3.67. The van der Waals surface area contributed by atoms with Crippen LogP contribution >= 0.6 is 27.3 Å². The number of alkyl halides is 3. The minimum Gasteiger partial charge on any atom is -0.365 e. The third-order valence-electron chi connectivity index (χ3n) is 5.90. The predicted molar refractivity (Wildman–Crippen MR) is 139 cm³/mol. The Labute approximate surface area is 225 Å². The van der Waals surface area contributed by atoms with Gasteiger partial charge in [-0.15, -0.1) is 10.2 Å². The van der Waals surface area contributed by atoms with Crippen LogP contribution in [0.1, 0.15) is 17.8 Å². The summed E-state index contributed by atoms with van der Waals surface area (Å²) in [5.74, 6) is 0. The van der Waals surface area contributed by atoms with Crippen molar-refractivity contribution in [2.75, 3.05) is 13.3 Å². The Morgan fingerprint density at radius 1 is 1.30 bits per heavy atom. The van der Waals surface area contributed by atoms with E-state index in [0.717, 1.165) is 10.3 Å². The number of nitrogens with zero attached hydrogens (tertiary/aromatic N) is 6. The van der Waals surface area contributed by atoms with E-state index < -0.39 is 34.9 Å². The lowest BCUT2D eigenvalue weighted by Gasteiger charge is -2.24.